The summed E-state index contributed by atoms with van der Waals surface area (Å²) in [6.07, 6.45) is 3.51. The smallest absolute Gasteiger partial charge is 0.338 e. The minimum atomic E-state index is -1.86. The summed E-state index contributed by atoms with van der Waals surface area (Å²) in [5.74, 6) is 0.281. The average molecular weight is 318 g/mol. The zero-order valence-electron chi connectivity index (χ0n) is 14.2. The number of carbonyl (C=O) groups excluding carboxylic acids is 1. The number of rotatable bonds is 6. The van der Waals surface area contributed by atoms with Crippen molar-refractivity contribution in [2.45, 2.75) is 38.9 Å². The molecule has 0 aromatic heterocycles. The Labute approximate surface area is 134 Å². The van der Waals surface area contributed by atoms with Gasteiger partial charge in [0.2, 0.25) is 8.32 Å². The van der Waals surface area contributed by atoms with Crippen LogP contribution >= 0.6 is 0 Å². The maximum atomic E-state index is 11.7. The van der Waals surface area contributed by atoms with Crippen LogP contribution in [0.25, 0.3) is 0 Å². The Morgan fingerprint density at radius 1 is 1.23 bits per heavy atom. The van der Waals surface area contributed by atoms with Gasteiger partial charge in [0.15, 0.2) is 0 Å². The first-order valence-corrected chi connectivity index (χ1v) is 10.3. The van der Waals surface area contributed by atoms with Crippen molar-refractivity contribution in [3.8, 4) is 0 Å². The summed E-state index contributed by atoms with van der Waals surface area (Å²) in [4.78, 5) is 11.7. The highest BCUT2D eigenvalue weighted by molar-refractivity contribution is 6.74. The summed E-state index contributed by atoms with van der Waals surface area (Å²) in [6.45, 7) is 15.0. The van der Waals surface area contributed by atoms with Crippen LogP contribution in [-0.2, 0) is 9.16 Å². The minimum absolute atomic E-state index is 0.129. The first-order chi connectivity index (χ1) is 10.1. The van der Waals surface area contributed by atoms with Gasteiger partial charge in [-0.15, -0.1) is 0 Å². The van der Waals surface area contributed by atoms with E-state index in [-0.39, 0.29) is 17.6 Å². The van der Waals surface area contributed by atoms with Gasteiger partial charge in [-0.2, -0.15) is 0 Å². The molecule has 4 heteroatoms. The highest BCUT2D eigenvalue weighted by Gasteiger charge is 2.38. The quantitative estimate of drug-likeness (QED) is 0.323. The van der Waals surface area contributed by atoms with Gasteiger partial charge in [0.05, 0.1) is 11.3 Å². The van der Waals surface area contributed by atoms with E-state index < -0.39 is 8.32 Å². The molecule has 0 N–H and O–H groups in total. The Kier molecular flexibility index (Phi) is 6.18. The first kappa shape index (κ1) is 18.2. The largest absolute Gasteiger partial charge is 0.544 e. The van der Waals surface area contributed by atoms with Gasteiger partial charge in [-0.1, -0.05) is 45.5 Å². The molecule has 0 aliphatic heterocycles. The van der Waals surface area contributed by atoms with Crippen LogP contribution in [0.5, 0.6) is 0 Å². The van der Waals surface area contributed by atoms with Gasteiger partial charge in [-0.25, -0.2) is 4.79 Å². The van der Waals surface area contributed by atoms with E-state index in [0.717, 1.165) is 0 Å². The topological polar surface area (TPSA) is 35.5 Å². The second-order valence-electron chi connectivity index (χ2n) is 6.70. The standard InChI is InChI=1S/C18H26O3Si/c1-15(21-22(5,6)18(2,3)4)11-10-14-20-17(19)16-12-8-7-9-13-16/h7-13H,1,14H2,2-6H3. The van der Waals surface area contributed by atoms with Gasteiger partial charge in [0, 0.05) is 0 Å². The third kappa shape index (κ3) is 5.52. The molecule has 22 heavy (non-hydrogen) atoms. The molecule has 0 spiro atoms. The summed E-state index contributed by atoms with van der Waals surface area (Å²) < 4.78 is 11.2. The Morgan fingerprint density at radius 2 is 1.82 bits per heavy atom. The van der Waals surface area contributed by atoms with Crippen LogP contribution in [0.15, 0.2) is 54.8 Å². The van der Waals surface area contributed by atoms with Crippen LogP contribution in [0.1, 0.15) is 31.1 Å². The fraction of sp³-hybridized carbons (Fsp3) is 0.389. The number of hydrogen-bond acceptors (Lipinski definition) is 3. The van der Waals surface area contributed by atoms with E-state index in [2.05, 4.69) is 40.4 Å². The predicted molar refractivity (Wildman–Crippen MR) is 93.3 cm³/mol. The number of esters is 1. The van der Waals surface area contributed by atoms with E-state index in [0.29, 0.717) is 11.3 Å². The lowest BCUT2D eigenvalue weighted by Crippen LogP contribution is -2.40. The minimum Gasteiger partial charge on any atom is -0.544 e. The van der Waals surface area contributed by atoms with Crippen molar-refractivity contribution in [1.29, 1.82) is 0 Å². The van der Waals surface area contributed by atoms with Crippen molar-refractivity contribution >= 4 is 14.3 Å². The van der Waals surface area contributed by atoms with Crippen molar-refractivity contribution in [2.24, 2.45) is 0 Å². The maximum Gasteiger partial charge on any atom is 0.338 e. The third-order valence-electron chi connectivity index (χ3n) is 3.82. The van der Waals surface area contributed by atoms with Crippen LogP contribution in [0.4, 0.5) is 0 Å². The Hall–Kier alpha value is -1.81. The van der Waals surface area contributed by atoms with E-state index >= 15 is 0 Å². The zero-order valence-corrected chi connectivity index (χ0v) is 15.2. The molecule has 1 aromatic carbocycles. The SMILES string of the molecule is C=C(C=CCOC(=O)c1ccccc1)O[Si](C)(C)C(C)(C)C. The van der Waals surface area contributed by atoms with Gasteiger partial charge >= 0.3 is 5.97 Å². The molecule has 0 aliphatic carbocycles. The van der Waals surface area contributed by atoms with Crippen molar-refractivity contribution in [1.82, 2.24) is 0 Å². The monoisotopic (exact) mass is 318 g/mol. The van der Waals surface area contributed by atoms with E-state index in [1.165, 1.54) is 0 Å². The average Bonchev–Trinajstić information content (AvgIpc) is 2.42. The van der Waals surface area contributed by atoms with Gasteiger partial charge in [0.25, 0.3) is 0 Å². The molecule has 0 bridgehead atoms. The van der Waals surface area contributed by atoms with E-state index in [1.807, 2.05) is 6.07 Å². The highest BCUT2D eigenvalue weighted by atomic mass is 28.4. The number of benzene rings is 1. The number of hydrogen-bond donors (Lipinski definition) is 0. The summed E-state index contributed by atoms with van der Waals surface area (Å²) in [6, 6.07) is 8.93. The summed E-state index contributed by atoms with van der Waals surface area (Å²) in [5, 5.41) is 0.129. The molecule has 0 atom stereocenters. The Bertz CT molecular complexity index is 539. The molecule has 0 heterocycles. The van der Waals surface area contributed by atoms with Crippen LogP contribution in [-0.4, -0.2) is 20.9 Å². The maximum absolute atomic E-state index is 11.7. The molecule has 1 aromatic rings. The fourth-order valence-corrected chi connectivity index (χ4v) is 2.51. The van der Waals surface area contributed by atoms with E-state index in [4.69, 9.17) is 9.16 Å². The van der Waals surface area contributed by atoms with Crippen LogP contribution < -0.4 is 0 Å². The molecule has 0 saturated carbocycles. The first-order valence-electron chi connectivity index (χ1n) is 7.40. The second-order valence-corrected chi connectivity index (χ2v) is 11.4. The predicted octanol–water partition coefficient (Wildman–Crippen LogP) is 4.94. The van der Waals surface area contributed by atoms with Crippen molar-refractivity contribution < 1.29 is 14.0 Å². The lowest BCUT2D eigenvalue weighted by Gasteiger charge is -2.36. The van der Waals surface area contributed by atoms with Crippen LogP contribution in [0.3, 0.4) is 0 Å². The van der Waals surface area contributed by atoms with Crippen molar-refractivity contribution in [3.05, 3.63) is 60.4 Å². The summed E-state index contributed by atoms with van der Waals surface area (Å²) in [5.41, 5.74) is 0.548. The molecule has 0 saturated heterocycles. The number of ether oxygens (including phenoxy) is 1. The fourth-order valence-electron chi connectivity index (χ4n) is 1.48. The van der Waals surface area contributed by atoms with Gasteiger partial charge in [-0.3, -0.25) is 0 Å². The molecule has 0 fully saturated rings. The molecule has 1 rings (SSSR count). The lowest BCUT2D eigenvalue weighted by atomic mass is 10.2. The van der Waals surface area contributed by atoms with E-state index in [9.17, 15) is 4.79 Å². The molecule has 0 unspecified atom stereocenters. The van der Waals surface area contributed by atoms with Crippen molar-refractivity contribution in [3.63, 3.8) is 0 Å². The molecular weight excluding hydrogens is 292 g/mol. The Balaban J connectivity index is 2.43. The Morgan fingerprint density at radius 3 is 2.36 bits per heavy atom. The van der Waals surface area contributed by atoms with Gasteiger partial charge in [0.1, 0.15) is 6.61 Å². The zero-order chi connectivity index (χ0) is 16.8. The lowest BCUT2D eigenvalue weighted by molar-refractivity contribution is 0.0549. The second kappa shape index (κ2) is 7.45. The third-order valence-corrected chi connectivity index (χ3v) is 8.20. The molecule has 3 nitrogen and oxygen atoms in total. The molecule has 120 valence electrons. The summed E-state index contributed by atoms with van der Waals surface area (Å²) >= 11 is 0. The highest BCUT2D eigenvalue weighted by Crippen LogP contribution is 2.37. The summed E-state index contributed by atoms with van der Waals surface area (Å²) in [7, 11) is -1.86. The van der Waals surface area contributed by atoms with Crippen LogP contribution in [0, 0.1) is 0 Å². The molecule has 0 aliphatic rings. The molecular formula is C18H26O3Si. The van der Waals surface area contributed by atoms with E-state index in [1.54, 1.807) is 36.4 Å². The molecule has 0 radical (unpaired) electrons. The number of allylic oxidation sites excluding steroid dienone is 1. The normalized spacial score (nSPS) is 12.2. The van der Waals surface area contributed by atoms with Crippen LogP contribution in [0.2, 0.25) is 18.1 Å². The molecule has 0 amide bonds. The number of carbonyl (C=O) groups is 1. The van der Waals surface area contributed by atoms with Gasteiger partial charge in [-0.05, 0) is 42.4 Å². The van der Waals surface area contributed by atoms with Gasteiger partial charge < -0.3 is 9.16 Å². The van der Waals surface area contributed by atoms with Crippen molar-refractivity contribution in [2.75, 3.05) is 6.61 Å².